The van der Waals surface area contributed by atoms with Gasteiger partial charge in [-0.1, -0.05) is 23.7 Å². The molecule has 0 aliphatic rings. The number of benzene rings is 1. The summed E-state index contributed by atoms with van der Waals surface area (Å²) in [6.45, 7) is 0.339. The quantitative estimate of drug-likeness (QED) is 0.763. The zero-order valence-electron chi connectivity index (χ0n) is 8.36. The largest absolute Gasteiger partial charge is 0.486 e. The Bertz CT molecular complexity index is 473. The maximum Gasteiger partial charge on any atom is 0.171 e. The smallest absolute Gasteiger partial charge is 0.171 e. The van der Waals surface area contributed by atoms with Gasteiger partial charge in [0.15, 0.2) is 10.9 Å². The molecule has 1 heterocycles. The molecule has 1 aromatic carbocycles. The monoisotopic (exact) mass is 237 g/mol. The lowest BCUT2D eigenvalue weighted by Crippen LogP contribution is -1.96. The third kappa shape index (κ3) is 2.70. The second kappa shape index (κ2) is 4.94. The van der Waals surface area contributed by atoms with Crippen LogP contribution in [0.25, 0.3) is 0 Å². The Morgan fingerprint density at radius 2 is 1.94 bits per heavy atom. The highest BCUT2D eigenvalue weighted by Gasteiger charge is 2.01. The topological polar surface area (TPSA) is 22.1 Å². The van der Waals surface area contributed by atoms with E-state index in [1.807, 2.05) is 0 Å². The summed E-state index contributed by atoms with van der Waals surface area (Å²) in [5.41, 5.74) is 0.876. The van der Waals surface area contributed by atoms with Crippen molar-refractivity contribution in [2.75, 3.05) is 0 Å². The molecule has 0 N–H and O–H groups in total. The van der Waals surface area contributed by atoms with E-state index < -0.39 is 0 Å². The van der Waals surface area contributed by atoms with Gasteiger partial charge in [-0.15, -0.1) is 0 Å². The number of nitrogens with zero attached hydrogens (tertiary/aromatic N) is 1. The highest BCUT2D eigenvalue weighted by molar-refractivity contribution is 6.30. The van der Waals surface area contributed by atoms with Crippen LogP contribution in [-0.4, -0.2) is 4.98 Å². The summed E-state index contributed by atoms with van der Waals surface area (Å²) in [4.78, 5) is 3.89. The van der Waals surface area contributed by atoms with Crippen LogP contribution < -0.4 is 4.74 Å². The third-order valence-electron chi connectivity index (χ3n) is 2.03. The molecule has 0 spiro atoms. The van der Waals surface area contributed by atoms with Crippen LogP contribution in [-0.2, 0) is 6.61 Å². The van der Waals surface area contributed by atoms with Gasteiger partial charge in [0.25, 0.3) is 0 Å². The molecule has 2 rings (SSSR count). The molecule has 82 valence electrons. The first kappa shape index (κ1) is 10.9. The molecule has 0 bridgehead atoms. The van der Waals surface area contributed by atoms with E-state index in [9.17, 15) is 4.39 Å². The number of aromatic nitrogens is 1. The minimum atomic E-state index is -0.261. The lowest BCUT2D eigenvalue weighted by Gasteiger charge is -2.06. The van der Waals surface area contributed by atoms with Crippen LogP contribution >= 0.6 is 11.6 Å². The first-order chi connectivity index (χ1) is 7.75. The summed E-state index contributed by atoms with van der Waals surface area (Å²) in [6.07, 6.45) is 1.59. The summed E-state index contributed by atoms with van der Waals surface area (Å²) in [5.74, 6) is 0.261. The summed E-state index contributed by atoms with van der Waals surface area (Å²) in [6, 6.07) is 9.59. The number of hydrogen-bond acceptors (Lipinski definition) is 2. The van der Waals surface area contributed by atoms with Crippen molar-refractivity contribution in [2.45, 2.75) is 6.61 Å². The van der Waals surface area contributed by atoms with Crippen LogP contribution in [0.1, 0.15) is 5.56 Å². The molecule has 0 amide bonds. The molecule has 0 aliphatic carbocycles. The predicted octanol–water partition coefficient (Wildman–Crippen LogP) is 3.45. The van der Waals surface area contributed by atoms with Crippen molar-refractivity contribution in [2.24, 2.45) is 0 Å². The molecule has 2 aromatic rings. The average Bonchev–Trinajstić information content (AvgIpc) is 2.30. The van der Waals surface area contributed by atoms with E-state index in [4.69, 9.17) is 16.3 Å². The van der Waals surface area contributed by atoms with Crippen LogP contribution in [0, 0.1) is 5.82 Å². The summed E-state index contributed by atoms with van der Waals surface area (Å²) < 4.78 is 18.1. The molecule has 16 heavy (non-hydrogen) atoms. The van der Waals surface area contributed by atoms with Gasteiger partial charge in [0.2, 0.25) is 0 Å². The zero-order valence-corrected chi connectivity index (χ0v) is 9.12. The lowest BCUT2D eigenvalue weighted by molar-refractivity contribution is 0.305. The van der Waals surface area contributed by atoms with E-state index in [1.165, 1.54) is 12.1 Å². The third-order valence-corrected chi connectivity index (χ3v) is 2.32. The Morgan fingerprint density at radius 1 is 1.19 bits per heavy atom. The van der Waals surface area contributed by atoms with Crippen molar-refractivity contribution in [1.82, 2.24) is 4.98 Å². The van der Waals surface area contributed by atoms with Crippen molar-refractivity contribution in [3.8, 4) is 5.75 Å². The maximum atomic E-state index is 12.6. The summed E-state index contributed by atoms with van der Waals surface area (Å²) in [5, 5.41) is 0.324. The van der Waals surface area contributed by atoms with E-state index in [0.29, 0.717) is 17.5 Å². The van der Waals surface area contributed by atoms with Gasteiger partial charge in [-0.05, 0) is 29.8 Å². The maximum absolute atomic E-state index is 12.6. The standard InChI is InChI=1S/C12H9ClFNO/c13-12-11(2-1-7-15-12)16-8-9-3-5-10(14)6-4-9/h1-7H,8H2. The van der Waals surface area contributed by atoms with Gasteiger partial charge in [-0.3, -0.25) is 0 Å². The first-order valence-electron chi connectivity index (χ1n) is 4.73. The summed E-state index contributed by atoms with van der Waals surface area (Å²) >= 11 is 5.82. The second-order valence-electron chi connectivity index (χ2n) is 3.21. The van der Waals surface area contributed by atoms with Gasteiger partial charge in [0.1, 0.15) is 12.4 Å². The lowest BCUT2D eigenvalue weighted by atomic mass is 10.2. The van der Waals surface area contributed by atoms with Crippen molar-refractivity contribution in [1.29, 1.82) is 0 Å². The number of halogens is 2. The Labute approximate surface area is 97.7 Å². The Hall–Kier alpha value is -1.61. The van der Waals surface area contributed by atoms with Crippen LogP contribution in [0.2, 0.25) is 5.15 Å². The minimum absolute atomic E-state index is 0.261. The highest BCUT2D eigenvalue weighted by Crippen LogP contribution is 2.21. The van der Waals surface area contributed by atoms with Gasteiger partial charge < -0.3 is 4.74 Å². The van der Waals surface area contributed by atoms with Gasteiger partial charge in [0, 0.05) is 6.20 Å². The van der Waals surface area contributed by atoms with Crippen molar-refractivity contribution in [3.63, 3.8) is 0 Å². The van der Waals surface area contributed by atoms with Gasteiger partial charge >= 0.3 is 0 Å². The normalized spacial score (nSPS) is 10.1. The minimum Gasteiger partial charge on any atom is -0.486 e. The SMILES string of the molecule is Fc1ccc(COc2cccnc2Cl)cc1. The number of rotatable bonds is 3. The van der Waals surface area contributed by atoms with E-state index in [0.717, 1.165) is 5.56 Å². The molecule has 0 atom stereocenters. The number of pyridine rings is 1. The summed E-state index contributed by atoms with van der Waals surface area (Å²) in [7, 11) is 0. The van der Waals surface area contributed by atoms with Crippen LogP contribution in [0.5, 0.6) is 5.75 Å². The molecule has 0 radical (unpaired) electrons. The average molecular weight is 238 g/mol. The highest BCUT2D eigenvalue weighted by atomic mass is 35.5. The molecule has 4 heteroatoms. The van der Waals surface area contributed by atoms with E-state index in [1.54, 1.807) is 30.5 Å². The number of hydrogen-bond donors (Lipinski definition) is 0. The van der Waals surface area contributed by atoms with E-state index in [-0.39, 0.29) is 5.82 Å². The van der Waals surface area contributed by atoms with Crippen molar-refractivity contribution < 1.29 is 9.13 Å². The molecule has 0 aliphatic heterocycles. The molecule has 2 nitrogen and oxygen atoms in total. The predicted molar refractivity (Wildman–Crippen MR) is 60.0 cm³/mol. The first-order valence-corrected chi connectivity index (χ1v) is 5.11. The van der Waals surface area contributed by atoms with Gasteiger partial charge in [-0.2, -0.15) is 0 Å². The van der Waals surface area contributed by atoms with Gasteiger partial charge in [-0.25, -0.2) is 9.37 Å². The number of ether oxygens (including phenoxy) is 1. The Balaban J connectivity index is 2.02. The molecular formula is C12H9ClFNO. The zero-order chi connectivity index (χ0) is 11.4. The molecule has 0 unspecified atom stereocenters. The molecule has 0 saturated carbocycles. The Kier molecular flexibility index (Phi) is 3.37. The second-order valence-corrected chi connectivity index (χ2v) is 3.57. The van der Waals surface area contributed by atoms with Crippen LogP contribution in [0.3, 0.4) is 0 Å². The fraction of sp³-hybridized carbons (Fsp3) is 0.0833. The van der Waals surface area contributed by atoms with Crippen LogP contribution in [0.15, 0.2) is 42.6 Å². The Morgan fingerprint density at radius 3 is 2.62 bits per heavy atom. The molecule has 1 aromatic heterocycles. The van der Waals surface area contributed by atoms with Crippen molar-refractivity contribution >= 4 is 11.6 Å². The van der Waals surface area contributed by atoms with Crippen molar-refractivity contribution in [3.05, 3.63) is 59.1 Å². The molecule has 0 saturated heterocycles. The van der Waals surface area contributed by atoms with E-state index >= 15 is 0 Å². The van der Waals surface area contributed by atoms with Gasteiger partial charge in [0.05, 0.1) is 0 Å². The van der Waals surface area contributed by atoms with Crippen LogP contribution in [0.4, 0.5) is 4.39 Å². The fourth-order valence-electron chi connectivity index (χ4n) is 1.22. The molecular weight excluding hydrogens is 229 g/mol. The molecule has 0 fully saturated rings. The fourth-order valence-corrected chi connectivity index (χ4v) is 1.39. The van der Waals surface area contributed by atoms with E-state index in [2.05, 4.69) is 4.98 Å².